The van der Waals surface area contributed by atoms with Gasteiger partial charge >= 0.3 is 5.97 Å². The Balaban J connectivity index is 2.06. The number of hydrogen-bond donors (Lipinski definition) is 1. The molecule has 0 aliphatic rings. The Bertz CT molecular complexity index is 1070. The molecule has 0 aliphatic heterocycles. The van der Waals surface area contributed by atoms with E-state index in [1.807, 2.05) is 34.6 Å². The highest BCUT2D eigenvalue weighted by atomic mass is 16.6. The Hall–Kier alpha value is -3.47. The molecule has 0 saturated heterocycles. The molecule has 3 rings (SSSR count). The van der Waals surface area contributed by atoms with Crippen LogP contribution in [0.2, 0.25) is 0 Å². The summed E-state index contributed by atoms with van der Waals surface area (Å²) in [5, 5.41) is 17.4. The van der Waals surface area contributed by atoms with Crippen LogP contribution in [0.15, 0.2) is 30.7 Å². The summed E-state index contributed by atoms with van der Waals surface area (Å²) in [5.74, 6) is 0.0551. The summed E-state index contributed by atoms with van der Waals surface area (Å²) in [6.45, 7) is 9.42. The van der Waals surface area contributed by atoms with Gasteiger partial charge in [-0.15, -0.1) is 0 Å². The summed E-state index contributed by atoms with van der Waals surface area (Å²) in [5.41, 5.74) is 1.38. The molecule has 0 fully saturated rings. The van der Waals surface area contributed by atoms with Crippen molar-refractivity contribution < 1.29 is 9.53 Å². The highest BCUT2D eigenvalue weighted by molar-refractivity contribution is 5.96. The van der Waals surface area contributed by atoms with Gasteiger partial charge in [0.1, 0.15) is 17.2 Å². The van der Waals surface area contributed by atoms with Crippen molar-refractivity contribution in [3.8, 4) is 11.9 Å². The first-order chi connectivity index (χ1) is 13.2. The van der Waals surface area contributed by atoms with E-state index >= 15 is 0 Å². The number of hydrogen-bond acceptors (Lipinski definition) is 7. The summed E-state index contributed by atoms with van der Waals surface area (Å²) in [6.07, 6.45) is 4.59. The molecule has 3 aromatic rings. The van der Waals surface area contributed by atoms with Gasteiger partial charge in [-0.2, -0.15) is 15.0 Å². The lowest BCUT2D eigenvalue weighted by Gasteiger charge is -2.21. The smallest absolute Gasteiger partial charge is 0.342 e. The first-order valence-electron chi connectivity index (χ1n) is 8.92. The number of nitrogens with one attached hydrogen (secondary N) is 1. The van der Waals surface area contributed by atoms with Crippen molar-refractivity contribution in [3.63, 3.8) is 0 Å². The van der Waals surface area contributed by atoms with E-state index in [9.17, 15) is 4.79 Å². The Kier molecular flexibility index (Phi) is 5.01. The zero-order valence-electron chi connectivity index (χ0n) is 16.5. The lowest BCUT2D eigenvalue weighted by atomic mass is 10.1. The maximum atomic E-state index is 12.6. The van der Waals surface area contributed by atoms with Crippen LogP contribution in [0, 0.1) is 11.3 Å². The minimum Gasteiger partial charge on any atom is -0.456 e. The van der Waals surface area contributed by atoms with E-state index in [0.717, 1.165) is 5.39 Å². The minimum absolute atomic E-state index is 0.0992. The third-order valence-corrected chi connectivity index (χ3v) is 3.71. The van der Waals surface area contributed by atoms with E-state index in [2.05, 4.69) is 26.5 Å². The Morgan fingerprint density at radius 3 is 2.61 bits per heavy atom. The molecule has 1 N–H and O–H groups in total. The fourth-order valence-corrected chi connectivity index (χ4v) is 2.64. The van der Waals surface area contributed by atoms with Gasteiger partial charge in [0.15, 0.2) is 11.5 Å². The predicted octanol–water partition coefficient (Wildman–Crippen LogP) is 3.46. The molecule has 0 aliphatic carbocycles. The van der Waals surface area contributed by atoms with Gasteiger partial charge in [0, 0.05) is 29.9 Å². The molecule has 0 amide bonds. The van der Waals surface area contributed by atoms with Crippen molar-refractivity contribution in [2.75, 3.05) is 5.32 Å². The first-order valence-corrected chi connectivity index (χ1v) is 8.92. The van der Waals surface area contributed by atoms with Crippen LogP contribution >= 0.6 is 0 Å². The van der Waals surface area contributed by atoms with Gasteiger partial charge in [0.25, 0.3) is 0 Å². The number of nitriles is 1. The highest BCUT2D eigenvalue weighted by Gasteiger charge is 2.22. The zero-order chi connectivity index (χ0) is 20.5. The molecular formula is C20H22N6O2. The van der Waals surface area contributed by atoms with Crippen LogP contribution in [0.5, 0.6) is 0 Å². The fraction of sp³-hybridized carbons (Fsp3) is 0.350. The van der Waals surface area contributed by atoms with Crippen molar-refractivity contribution in [1.82, 2.24) is 19.7 Å². The lowest BCUT2D eigenvalue weighted by Crippen LogP contribution is -2.25. The molecule has 8 nitrogen and oxygen atoms in total. The minimum atomic E-state index is -0.606. The van der Waals surface area contributed by atoms with Crippen LogP contribution in [0.25, 0.3) is 16.9 Å². The quantitative estimate of drug-likeness (QED) is 0.693. The molecule has 144 valence electrons. The summed E-state index contributed by atoms with van der Waals surface area (Å²) < 4.78 is 7.06. The van der Waals surface area contributed by atoms with E-state index in [1.54, 1.807) is 23.0 Å². The second-order valence-electron chi connectivity index (χ2n) is 7.69. The maximum Gasteiger partial charge on any atom is 0.342 e. The number of aromatic nitrogens is 4. The molecule has 0 bridgehead atoms. The van der Waals surface area contributed by atoms with E-state index < -0.39 is 11.6 Å². The average molecular weight is 378 g/mol. The third-order valence-electron chi connectivity index (χ3n) is 3.71. The standard InChI is InChI=1S/C20H22N6O2/c1-12(2)25-16-7-17(22-11-15(16)19(27)28-20(3,4)5)26-18-14(10-24-26)6-13(8-21)9-23-18/h6-7,9-12H,1-5H3,(H,22,25). The van der Waals surface area contributed by atoms with Gasteiger partial charge in [0.2, 0.25) is 0 Å². The molecule has 0 unspecified atom stereocenters. The number of rotatable bonds is 4. The number of carbonyl (C=O) groups is 1. The van der Waals surface area contributed by atoms with Crippen molar-refractivity contribution in [3.05, 3.63) is 41.9 Å². The Morgan fingerprint density at radius 2 is 1.96 bits per heavy atom. The van der Waals surface area contributed by atoms with Crippen molar-refractivity contribution in [2.24, 2.45) is 0 Å². The molecular weight excluding hydrogens is 356 g/mol. The molecule has 3 aromatic heterocycles. The molecule has 28 heavy (non-hydrogen) atoms. The van der Waals surface area contributed by atoms with Gasteiger partial charge in [-0.1, -0.05) is 0 Å². The summed E-state index contributed by atoms with van der Waals surface area (Å²) in [7, 11) is 0. The Morgan fingerprint density at radius 1 is 1.21 bits per heavy atom. The van der Waals surface area contributed by atoms with Gasteiger partial charge in [-0.25, -0.2) is 14.8 Å². The maximum absolute atomic E-state index is 12.6. The van der Waals surface area contributed by atoms with Crippen molar-refractivity contribution >= 4 is 22.7 Å². The van der Waals surface area contributed by atoms with E-state index in [1.165, 1.54) is 12.4 Å². The van der Waals surface area contributed by atoms with Crippen molar-refractivity contribution in [2.45, 2.75) is 46.3 Å². The van der Waals surface area contributed by atoms with Gasteiger partial charge in [-0.05, 0) is 40.7 Å². The molecule has 0 radical (unpaired) electrons. The number of fused-ring (bicyclic) bond motifs is 1. The molecule has 8 heteroatoms. The molecule has 0 aromatic carbocycles. The monoisotopic (exact) mass is 378 g/mol. The van der Waals surface area contributed by atoms with Crippen LogP contribution in [0.3, 0.4) is 0 Å². The third kappa shape index (κ3) is 4.09. The lowest BCUT2D eigenvalue weighted by molar-refractivity contribution is 0.00702. The van der Waals surface area contributed by atoms with Crippen LogP contribution in [0.1, 0.15) is 50.5 Å². The molecule has 3 heterocycles. The van der Waals surface area contributed by atoms with Gasteiger partial charge in [-0.3, -0.25) is 0 Å². The van der Waals surface area contributed by atoms with E-state index in [4.69, 9.17) is 10.00 Å². The summed E-state index contributed by atoms with van der Waals surface area (Å²) in [6, 6.07) is 5.62. The zero-order valence-corrected chi connectivity index (χ0v) is 16.5. The van der Waals surface area contributed by atoms with Crippen LogP contribution in [-0.2, 0) is 4.74 Å². The SMILES string of the molecule is CC(C)Nc1cc(-n2ncc3cc(C#N)cnc32)ncc1C(=O)OC(C)(C)C. The number of pyridine rings is 2. The van der Waals surface area contributed by atoms with E-state index in [-0.39, 0.29) is 6.04 Å². The number of anilines is 1. The second kappa shape index (κ2) is 7.27. The van der Waals surface area contributed by atoms with Gasteiger partial charge < -0.3 is 10.1 Å². The molecule has 0 saturated carbocycles. The fourth-order valence-electron chi connectivity index (χ4n) is 2.64. The molecule has 0 atom stereocenters. The van der Waals surface area contributed by atoms with Gasteiger partial charge in [0.05, 0.1) is 17.4 Å². The summed E-state index contributed by atoms with van der Waals surface area (Å²) in [4.78, 5) is 21.3. The van der Waals surface area contributed by atoms with Crippen molar-refractivity contribution in [1.29, 1.82) is 5.26 Å². The first kappa shape index (κ1) is 19.3. The van der Waals surface area contributed by atoms with Crippen LogP contribution < -0.4 is 5.32 Å². The average Bonchev–Trinajstić information content (AvgIpc) is 3.02. The normalized spacial score (nSPS) is 11.5. The number of esters is 1. The topological polar surface area (TPSA) is 106 Å². The number of nitrogens with zero attached hydrogens (tertiary/aromatic N) is 5. The van der Waals surface area contributed by atoms with E-state index in [0.29, 0.717) is 28.3 Å². The van der Waals surface area contributed by atoms with Crippen LogP contribution in [-0.4, -0.2) is 37.4 Å². The molecule has 0 spiro atoms. The summed E-state index contributed by atoms with van der Waals surface area (Å²) >= 11 is 0. The predicted molar refractivity (Wildman–Crippen MR) is 105 cm³/mol. The highest BCUT2D eigenvalue weighted by Crippen LogP contribution is 2.24. The number of ether oxygens (including phenoxy) is 1. The second-order valence-corrected chi connectivity index (χ2v) is 7.69. The largest absolute Gasteiger partial charge is 0.456 e. The number of carbonyl (C=O) groups excluding carboxylic acids is 1. The Labute approximate surface area is 163 Å². The van der Waals surface area contributed by atoms with Crippen LogP contribution in [0.4, 0.5) is 5.69 Å².